The summed E-state index contributed by atoms with van der Waals surface area (Å²) in [6.45, 7) is 4.32. The highest BCUT2D eigenvalue weighted by Gasteiger charge is 2.42. The first-order valence-electron chi connectivity index (χ1n) is 8.03. The molecule has 0 saturated carbocycles. The Labute approximate surface area is 149 Å². The first-order valence-corrected chi connectivity index (χ1v) is 8.85. The normalized spacial score (nSPS) is 19.8. The van der Waals surface area contributed by atoms with E-state index in [0.29, 0.717) is 24.5 Å². The highest BCUT2D eigenvalue weighted by atomic mass is 32.1. The van der Waals surface area contributed by atoms with E-state index in [1.54, 1.807) is 6.92 Å². The van der Waals surface area contributed by atoms with Crippen LogP contribution in [0, 0.1) is 12.3 Å². The molecule has 8 heteroatoms. The van der Waals surface area contributed by atoms with Gasteiger partial charge in [0.1, 0.15) is 5.01 Å². The molecule has 1 aromatic carbocycles. The maximum atomic E-state index is 12.3. The van der Waals surface area contributed by atoms with Crippen molar-refractivity contribution in [2.75, 3.05) is 18.4 Å². The smallest absolute Gasteiger partial charge is 0.323 e. The van der Waals surface area contributed by atoms with Crippen molar-refractivity contribution in [2.45, 2.75) is 26.7 Å². The molecule has 1 unspecified atom stereocenters. The van der Waals surface area contributed by atoms with Crippen molar-refractivity contribution < 1.29 is 14.7 Å². The minimum atomic E-state index is -0.880. The average molecular weight is 360 g/mol. The van der Waals surface area contributed by atoms with Gasteiger partial charge in [-0.1, -0.05) is 41.2 Å². The Morgan fingerprint density at radius 2 is 2.04 bits per heavy atom. The quantitative estimate of drug-likeness (QED) is 0.874. The van der Waals surface area contributed by atoms with Gasteiger partial charge in [-0.05, 0) is 25.8 Å². The first kappa shape index (κ1) is 17.3. The fourth-order valence-corrected chi connectivity index (χ4v) is 3.50. The van der Waals surface area contributed by atoms with Gasteiger partial charge in [-0.2, -0.15) is 0 Å². The summed E-state index contributed by atoms with van der Waals surface area (Å²) >= 11 is 1.33. The zero-order chi connectivity index (χ0) is 18.0. The van der Waals surface area contributed by atoms with E-state index < -0.39 is 11.4 Å². The molecule has 2 aromatic rings. The van der Waals surface area contributed by atoms with Crippen LogP contribution >= 0.6 is 11.3 Å². The number of carbonyl (C=O) groups is 2. The van der Waals surface area contributed by atoms with Gasteiger partial charge in [-0.3, -0.25) is 10.1 Å². The van der Waals surface area contributed by atoms with Crippen LogP contribution < -0.4 is 5.32 Å². The lowest BCUT2D eigenvalue weighted by Crippen LogP contribution is -2.37. The van der Waals surface area contributed by atoms with Gasteiger partial charge < -0.3 is 10.0 Å². The molecule has 3 rings (SSSR count). The van der Waals surface area contributed by atoms with Crippen molar-refractivity contribution in [2.24, 2.45) is 5.41 Å². The maximum absolute atomic E-state index is 12.3. The Morgan fingerprint density at radius 3 is 2.68 bits per heavy atom. The molecule has 7 nitrogen and oxygen atoms in total. The summed E-state index contributed by atoms with van der Waals surface area (Å²) in [5, 5.41) is 21.3. The number of urea groups is 1. The number of carboxylic acid groups (broad SMARTS) is 1. The van der Waals surface area contributed by atoms with E-state index in [1.165, 1.54) is 21.8 Å². The fraction of sp³-hybridized carbons (Fsp3) is 0.412. The molecule has 0 spiro atoms. The molecule has 1 aliphatic heterocycles. The zero-order valence-corrected chi connectivity index (χ0v) is 15.0. The molecule has 1 atom stereocenters. The summed E-state index contributed by atoms with van der Waals surface area (Å²) in [4.78, 5) is 25.1. The molecule has 1 fully saturated rings. The largest absolute Gasteiger partial charge is 0.481 e. The lowest BCUT2D eigenvalue weighted by molar-refractivity contribution is -0.146. The van der Waals surface area contributed by atoms with E-state index in [4.69, 9.17) is 0 Å². The number of hydrogen-bond acceptors (Lipinski definition) is 5. The van der Waals surface area contributed by atoms with Gasteiger partial charge >= 0.3 is 12.0 Å². The second kappa shape index (κ2) is 6.79. The highest BCUT2D eigenvalue weighted by Crippen LogP contribution is 2.30. The van der Waals surface area contributed by atoms with E-state index in [2.05, 4.69) is 15.5 Å². The van der Waals surface area contributed by atoms with Crippen LogP contribution in [-0.2, 0) is 11.2 Å². The topological polar surface area (TPSA) is 95.4 Å². The molecule has 1 aromatic heterocycles. The molecule has 132 valence electrons. The van der Waals surface area contributed by atoms with E-state index in [-0.39, 0.29) is 12.6 Å². The Bertz CT molecular complexity index is 789. The number of carbonyl (C=O) groups excluding carboxylic acids is 1. The van der Waals surface area contributed by atoms with Crippen LogP contribution in [0.25, 0.3) is 0 Å². The van der Waals surface area contributed by atoms with Crippen molar-refractivity contribution in [3.8, 4) is 0 Å². The van der Waals surface area contributed by atoms with Gasteiger partial charge in [0.15, 0.2) is 0 Å². The molecule has 1 aliphatic rings. The van der Waals surface area contributed by atoms with E-state index in [0.717, 1.165) is 10.6 Å². The molecule has 2 heterocycles. The summed E-state index contributed by atoms with van der Waals surface area (Å²) in [6, 6.07) is 7.86. The summed E-state index contributed by atoms with van der Waals surface area (Å²) in [7, 11) is 0. The standard InChI is InChI=1S/C17H20N4O3S/c1-11-3-5-12(6-4-11)9-13-19-20-15(25-13)18-16(24)21-8-7-17(2,10-21)14(22)23/h3-6H,7-10H2,1-2H3,(H,22,23)(H,18,20,24). The number of hydrogen-bond donors (Lipinski definition) is 2. The monoisotopic (exact) mass is 360 g/mol. The minimum Gasteiger partial charge on any atom is -0.481 e. The predicted octanol–water partition coefficient (Wildman–Crippen LogP) is 2.77. The van der Waals surface area contributed by atoms with Gasteiger partial charge in [0, 0.05) is 19.5 Å². The Balaban J connectivity index is 1.59. The van der Waals surface area contributed by atoms with Gasteiger partial charge in [-0.25, -0.2) is 4.79 Å². The summed E-state index contributed by atoms with van der Waals surface area (Å²) in [6.07, 6.45) is 1.11. The van der Waals surface area contributed by atoms with Crippen molar-refractivity contribution in [1.29, 1.82) is 0 Å². The number of anilines is 1. The van der Waals surface area contributed by atoms with Crippen LogP contribution in [0.2, 0.25) is 0 Å². The van der Waals surface area contributed by atoms with E-state index in [9.17, 15) is 14.7 Å². The van der Waals surface area contributed by atoms with Crippen LogP contribution in [0.4, 0.5) is 9.93 Å². The van der Waals surface area contributed by atoms with Crippen molar-refractivity contribution in [1.82, 2.24) is 15.1 Å². The van der Waals surface area contributed by atoms with Crippen LogP contribution in [0.1, 0.15) is 29.5 Å². The number of amides is 2. The second-order valence-corrected chi connectivity index (χ2v) is 7.69. The third kappa shape index (κ3) is 3.96. The van der Waals surface area contributed by atoms with Crippen molar-refractivity contribution >= 4 is 28.5 Å². The molecule has 0 aliphatic carbocycles. The summed E-state index contributed by atoms with van der Waals surface area (Å²) < 4.78 is 0. The van der Waals surface area contributed by atoms with E-state index >= 15 is 0 Å². The number of carboxylic acids is 1. The highest BCUT2D eigenvalue weighted by molar-refractivity contribution is 7.15. The molecule has 2 N–H and O–H groups in total. The molecule has 0 radical (unpaired) electrons. The second-order valence-electron chi connectivity index (χ2n) is 6.63. The molecule has 25 heavy (non-hydrogen) atoms. The van der Waals surface area contributed by atoms with Crippen LogP contribution in [-0.4, -0.2) is 45.3 Å². The minimum absolute atomic E-state index is 0.198. The number of likely N-dealkylation sites (tertiary alicyclic amines) is 1. The van der Waals surface area contributed by atoms with Crippen LogP contribution in [0.5, 0.6) is 0 Å². The van der Waals surface area contributed by atoms with Gasteiger partial charge in [0.25, 0.3) is 0 Å². The summed E-state index contributed by atoms with van der Waals surface area (Å²) in [5.74, 6) is -0.876. The molecule has 1 saturated heterocycles. The third-order valence-electron chi connectivity index (χ3n) is 4.43. The number of nitrogens with one attached hydrogen (secondary N) is 1. The number of benzene rings is 1. The summed E-state index contributed by atoms with van der Waals surface area (Å²) in [5.41, 5.74) is 1.46. The Morgan fingerprint density at radius 1 is 1.32 bits per heavy atom. The zero-order valence-electron chi connectivity index (χ0n) is 14.2. The average Bonchev–Trinajstić information content (AvgIpc) is 3.17. The first-order chi connectivity index (χ1) is 11.9. The van der Waals surface area contributed by atoms with Gasteiger partial charge in [0.2, 0.25) is 5.13 Å². The maximum Gasteiger partial charge on any atom is 0.323 e. The number of aliphatic carboxylic acids is 1. The lowest BCUT2D eigenvalue weighted by Gasteiger charge is -2.19. The third-order valence-corrected chi connectivity index (χ3v) is 5.27. The van der Waals surface area contributed by atoms with E-state index in [1.807, 2.05) is 31.2 Å². The van der Waals surface area contributed by atoms with Gasteiger partial charge in [-0.15, -0.1) is 10.2 Å². The Hall–Kier alpha value is -2.48. The number of aryl methyl sites for hydroxylation is 1. The van der Waals surface area contributed by atoms with Crippen molar-refractivity contribution in [3.63, 3.8) is 0 Å². The lowest BCUT2D eigenvalue weighted by atomic mass is 9.90. The molecule has 0 bridgehead atoms. The Kier molecular flexibility index (Phi) is 4.71. The van der Waals surface area contributed by atoms with Crippen molar-refractivity contribution in [3.05, 3.63) is 40.4 Å². The molecular weight excluding hydrogens is 340 g/mol. The molecule has 2 amide bonds. The van der Waals surface area contributed by atoms with Crippen LogP contribution in [0.15, 0.2) is 24.3 Å². The number of nitrogens with zero attached hydrogens (tertiary/aromatic N) is 3. The fourth-order valence-electron chi connectivity index (χ4n) is 2.74. The predicted molar refractivity (Wildman–Crippen MR) is 94.8 cm³/mol. The number of aromatic nitrogens is 2. The molecular formula is C17H20N4O3S. The van der Waals surface area contributed by atoms with Gasteiger partial charge in [0.05, 0.1) is 5.41 Å². The SMILES string of the molecule is Cc1ccc(Cc2nnc(NC(=O)N3CCC(C)(C(=O)O)C3)s2)cc1. The number of rotatable bonds is 4. The van der Waals surface area contributed by atoms with Crippen LogP contribution in [0.3, 0.4) is 0 Å².